The number of hydrogen-bond donors (Lipinski definition) is 0. The molecule has 0 aromatic carbocycles. The molecule has 0 aromatic rings. The number of hydrogen-bond acceptors (Lipinski definition) is 4. The van der Waals surface area contributed by atoms with E-state index < -0.39 is 23.6 Å². The Labute approximate surface area is 150 Å². The van der Waals surface area contributed by atoms with E-state index in [9.17, 15) is 9.59 Å². The van der Waals surface area contributed by atoms with Crippen LogP contribution in [0.15, 0.2) is 49.6 Å². The number of allylic oxidation sites excluding steroid dienone is 5. The van der Waals surface area contributed by atoms with Gasteiger partial charge in [0.1, 0.15) is 0 Å². The Morgan fingerprint density at radius 1 is 1.12 bits per heavy atom. The number of esters is 2. The van der Waals surface area contributed by atoms with E-state index in [-0.39, 0.29) is 11.8 Å². The molecule has 0 bridgehead atoms. The summed E-state index contributed by atoms with van der Waals surface area (Å²) in [5.74, 6) is -0.933. The third-order valence-corrected chi connectivity index (χ3v) is 4.86. The lowest BCUT2D eigenvalue weighted by Gasteiger charge is -2.36. The first-order valence-corrected chi connectivity index (χ1v) is 9.02. The Morgan fingerprint density at radius 2 is 1.80 bits per heavy atom. The summed E-state index contributed by atoms with van der Waals surface area (Å²) in [6.07, 6.45) is 16.6. The molecule has 2 unspecified atom stereocenters. The van der Waals surface area contributed by atoms with Crippen LogP contribution < -0.4 is 0 Å². The number of cyclic esters (lactones) is 1. The van der Waals surface area contributed by atoms with Crippen molar-refractivity contribution in [2.24, 2.45) is 11.8 Å². The normalized spacial score (nSPS) is 32.3. The zero-order valence-corrected chi connectivity index (χ0v) is 15.0. The van der Waals surface area contributed by atoms with E-state index in [0.29, 0.717) is 6.42 Å². The minimum atomic E-state index is -1.19. The van der Waals surface area contributed by atoms with Crippen LogP contribution in [0.3, 0.4) is 0 Å². The van der Waals surface area contributed by atoms with Gasteiger partial charge in [0, 0.05) is 12.3 Å². The van der Waals surface area contributed by atoms with Gasteiger partial charge < -0.3 is 9.47 Å². The summed E-state index contributed by atoms with van der Waals surface area (Å²) in [4.78, 5) is 24.3. The van der Waals surface area contributed by atoms with Gasteiger partial charge in [-0.3, -0.25) is 0 Å². The average Bonchev–Trinajstić information content (AvgIpc) is 2.94. The predicted octanol–water partition coefficient (Wildman–Crippen LogP) is 4.28. The standard InChI is InChI=1S/C21H28O4/c1-4-6-7-8-9-10-11-12-13-17-14-18(5-2)21(15-17)20(23)24-16(3)19(22)25-21/h4-5,8-9,12-13,16-18H,1-2,6-7,10-11,14-15H2,3H3/t16-,17?,18?,21+/m0/s1. The molecule has 4 heteroatoms. The van der Waals surface area contributed by atoms with E-state index >= 15 is 0 Å². The van der Waals surface area contributed by atoms with Crippen LogP contribution in [-0.4, -0.2) is 23.6 Å². The quantitative estimate of drug-likeness (QED) is 0.374. The van der Waals surface area contributed by atoms with Gasteiger partial charge in [-0.15, -0.1) is 13.2 Å². The van der Waals surface area contributed by atoms with Gasteiger partial charge >= 0.3 is 11.9 Å². The third-order valence-electron chi connectivity index (χ3n) is 4.86. The van der Waals surface area contributed by atoms with Crippen molar-refractivity contribution in [3.8, 4) is 0 Å². The molecule has 0 N–H and O–H groups in total. The summed E-state index contributed by atoms with van der Waals surface area (Å²) in [6.45, 7) is 9.04. The van der Waals surface area contributed by atoms with Crippen molar-refractivity contribution >= 4 is 11.9 Å². The number of rotatable bonds is 8. The van der Waals surface area contributed by atoms with Gasteiger partial charge in [-0.25, -0.2) is 9.59 Å². The summed E-state index contributed by atoms with van der Waals surface area (Å²) in [5, 5.41) is 0. The largest absolute Gasteiger partial charge is 0.448 e. The van der Waals surface area contributed by atoms with Crippen LogP contribution in [-0.2, 0) is 19.1 Å². The van der Waals surface area contributed by atoms with E-state index in [0.717, 1.165) is 32.1 Å². The van der Waals surface area contributed by atoms with Crippen molar-refractivity contribution in [1.29, 1.82) is 0 Å². The third kappa shape index (κ3) is 4.50. The molecule has 0 aromatic heterocycles. The van der Waals surface area contributed by atoms with Gasteiger partial charge in [0.25, 0.3) is 0 Å². The Balaban J connectivity index is 1.90. The Kier molecular flexibility index (Phi) is 6.80. The molecule has 0 radical (unpaired) electrons. The molecule has 1 saturated carbocycles. The van der Waals surface area contributed by atoms with E-state index in [1.807, 2.05) is 6.08 Å². The van der Waals surface area contributed by atoms with Crippen molar-refractivity contribution < 1.29 is 19.1 Å². The molecule has 4 nitrogen and oxygen atoms in total. The van der Waals surface area contributed by atoms with Gasteiger partial charge in [0.05, 0.1) is 0 Å². The molecule has 2 rings (SSSR count). The van der Waals surface area contributed by atoms with Gasteiger partial charge in [0.15, 0.2) is 6.10 Å². The van der Waals surface area contributed by atoms with Crippen LogP contribution in [0, 0.1) is 11.8 Å². The van der Waals surface area contributed by atoms with E-state index in [2.05, 4.69) is 37.5 Å². The van der Waals surface area contributed by atoms with Gasteiger partial charge in [-0.05, 0) is 44.9 Å². The van der Waals surface area contributed by atoms with Gasteiger partial charge in [-0.1, -0.05) is 36.5 Å². The lowest BCUT2D eigenvalue weighted by Crippen LogP contribution is -2.54. The first kappa shape index (κ1) is 19.2. The minimum absolute atomic E-state index is 0.182. The molecule has 2 fully saturated rings. The second-order valence-corrected chi connectivity index (χ2v) is 6.74. The molecule has 4 atom stereocenters. The van der Waals surface area contributed by atoms with Crippen molar-refractivity contribution in [2.75, 3.05) is 0 Å². The molecular formula is C21H28O4. The lowest BCUT2D eigenvalue weighted by molar-refractivity contribution is -0.212. The monoisotopic (exact) mass is 344 g/mol. The van der Waals surface area contributed by atoms with Crippen LogP contribution in [0.1, 0.15) is 45.4 Å². The molecule has 2 aliphatic rings. The molecule has 25 heavy (non-hydrogen) atoms. The maximum absolute atomic E-state index is 12.4. The van der Waals surface area contributed by atoms with Crippen LogP contribution in [0.2, 0.25) is 0 Å². The van der Waals surface area contributed by atoms with Crippen molar-refractivity contribution in [2.45, 2.75) is 57.2 Å². The van der Waals surface area contributed by atoms with Crippen LogP contribution in [0.5, 0.6) is 0 Å². The highest BCUT2D eigenvalue weighted by atomic mass is 16.7. The molecule has 1 heterocycles. The van der Waals surface area contributed by atoms with E-state index in [1.54, 1.807) is 6.08 Å². The SMILES string of the molecule is C=CCCC=CCCC=CC1CC(C=C)[C@@]2(C1)OC(=O)[C@H](C)OC2=O. The maximum Gasteiger partial charge on any atom is 0.352 e. The Bertz CT molecular complexity index is 574. The summed E-state index contributed by atoms with van der Waals surface area (Å²) >= 11 is 0. The van der Waals surface area contributed by atoms with Crippen molar-refractivity contribution in [3.63, 3.8) is 0 Å². The van der Waals surface area contributed by atoms with Gasteiger partial charge in [-0.2, -0.15) is 0 Å². The number of ether oxygens (including phenoxy) is 2. The highest BCUT2D eigenvalue weighted by molar-refractivity contribution is 5.91. The minimum Gasteiger partial charge on any atom is -0.448 e. The molecule has 1 aliphatic heterocycles. The maximum atomic E-state index is 12.4. The van der Waals surface area contributed by atoms with Crippen LogP contribution in [0.25, 0.3) is 0 Å². The molecule has 1 saturated heterocycles. The number of carbonyl (C=O) groups excluding carboxylic acids is 2. The smallest absolute Gasteiger partial charge is 0.352 e. The first-order chi connectivity index (χ1) is 12.0. The number of unbranched alkanes of at least 4 members (excludes halogenated alkanes) is 2. The fourth-order valence-electron chi connectivity index (χ4n) is 3.47. The lowest BCUT2D eigenvalue weighted by atomic mass is 9.89. The Hall–Kier alpha value is -2.10. The average molecular weight is 344 g/mol. The second kappa shape index (κ2) is 8.84. The molecule has 0 amide bonds. The zero-order chi connectivity index (χ0) is 18.3. The first-order valence-electron chi connectivity index (χ1n) is 9.02. The topological polar surface area (TPSA) is 52.6 Å². The molecule has 1 aliphatic carbocycles. The molecular weight excluding hydrogens is 316 g/mol. The number of carbonyl (C=O) groups is 2. The van der Waals surface area contributed by atoms with Crippen LogP contribution in [0.4, 0.5) is 0 Å². The molecule has 1 spiro atoms. The van der Waals surface area contributed by atoms with E-state index in [1.165, 1.54) is 6.92 Å². The zero-order valence-electron chi connectivity index (χ0n) is 15.0. The highest BCUT2D eigenvalue weighted by Crippen LogP contribution is 2.46. The second-order valence-electron chi connectivity index (χ2n) is 6.74. The summed E-state index contributed by atoms with van der Waals surface area (Å²) in [6, 6.07) is 0. The van der Waals surface area contributed by atoms with Gasteiger partial charge in [0.2, 0.25) is 5.60 Å². The molecule has 136 valence electrons. The summed E-state index contributed by atoms with van der Waals surface area (Å²) in [5.41, 5.74) is -1.19. The highest BCUT2D eigenvalue weighted by Gasteiger charge is 2.58. The van der Waals surface area contributed by atoms with Crippen molar-refractivity contribution in [3.05, 3.63) is 49.6 Å². The van der Waals surface area contributed by atoms with Crippen molar-refractivity contribution in [1.82, 2.24) is 0 Å². The van der Waals surface area contributed by atoms with E-state index in [4.69, 9.17) is 9.47 Å². The fraction of sp³-hybridized carbons (Fsp3) is 0.524. The summed E-state index contributed by atoms with van der Waals surface area (Å²) in [7, 11) is 0. The Morgan fingerprint density at radius 3 is 2.48 bits per heavy atom. The van der Waals surface area contributed by atoms with Crippen LogP contribution >= 0.6 is 0 Å². The predicted molar refractivity (Wildman–Crippen MR) is 97.7 cm³/mol. The summed E-state index contributed by atoms with van der Waals surface area (Å²) < 4.78 is 10.7. The fourth-order valence-corrected chi connectivity index (χ4v) is 3.47.